The van der Waals surface area contributed by atoms with Crippen LogP contribution in [0.3, 0.4) is 0 Å². The van der Waals surface area contributed by atoms with E-state index in [4.69, 9.17) is 0 Å². The van der Waals surface area contributed by atoms with E-state index in [2.05, 4.69) is 67.6 Å². The van der Waals surface area contributed by atoms with E-state index in [1.807, 2.05) is 12.1 Å². The van der Waals surface area contributed by atoms with Crippen molar-refractivity contribution in [3.8, 4) is 0 Å². The molecule has 0 saturated carbocycles. The van der Waals surface area contributed by atoms with Gasteiger partial charge in [-0.05, 0) is 43.0 Å². The number of unbranched alkanes of at least 4 members (excludes halogenated alkanes) is 1. The number of benzene rings is 2. The van der Waals surface area contributed by atoms with Crippen molar-refractivity contribution >= 4 is 32.7 Å². The van der Waals surface area contributed by atoms with E-state index >= 15 is 0 Å². The Morgan fingerprint density at radius 2 is 1.82 bits per heavy atom. The van der Waals surface area contributed by atoms with Gasteiger partial charge in [-0.15, -0.1) is 0 Å². The summed E-state index contributed by atoms with van der Waals surface area (Å²) in [6.07, 6.45) is 5.03. The SMILES string of the molecule is Brc1ccc2ncnc(NCCCCc3ccccc3)c2c1. The first-order valence-corrected chi connectivity index (χ1v) is 8.30. The number of rotatable bonds is 6. The molecule has 22 heavy (non-hydrogen) atoms. The minimum Gasteiger partial charge on any atom is -0.369 e. The first-order chi connectivity index (χ1) is 10.8. The van der Waals surface area contributed by atoms with E-state index in [-0.39, 0.29) is 0 Å². The van der Waals surface area contributed by atoms with Crippen LogP contribution in [0.15, 0.2) is 59.3 Å². The second kappa shape index (κ2) is 7.36. The number of aryl methyl sites for hydroxylation is 1. The van der Waals surface area contributed by atoms with Gasteiger partial charge in [0.05, 0.1) is 5.52 Å². The van der Waals surface area contributed by atoms with Gasteiger partial charge >= 0.3 is 0 Å². The van der Waals surface area contributed by atoms with E-state index < -0.39 is 0 Å². The minimum atomic E-state index is 0.908. The third kappa shape index (κ3) is 3.83. The Morgan fingerprint density at radius 3 is 2.68 bits per heavy atom. The van der Waals surface area contributed by atoms with Crippen molar-refractivity contribution < 1.29 is 0 Å². The molecule has 0 aliphatic carbocycles. The number of hydrogen-bond acceptors (Lipinski definition) is 3. The molecule has 0 bridgehead atoms. The number of nitrogens with zero attached hydrogens (tertiary/aromatic N) is 2. The molecule has 0 fully saturated rings. The highest BCUT2D eigenvalue weighted by Crippen LogP contribution is 2.23. The zero-order chi connectivity index (χ0) is 15.2. The molecule has 0 amide bonds. The Morgan fingerprint density at radius 1 is 0.955 bits per heavy atom. The smallest absolute Gasteiger partial charge is 0.137 e. The summed E-state index contributed by atoms with van der Waals surface area (Å²) >= 11 is 3.50. The van der Waals surface area contributed by atoms with Crippen LogP contribution in [0, 0.1) is 0 Å². The Bertz CT molecular complexity index is 744. The fraction of sp³-hybridized carbons (Fsp3) is 0.222. The lowest BCUT2D eigenvalue weighted by molar-refractivity contribution is 0.762. The predicted octanol–water partition coefficient (Wildman–Crippen LogP) is 4.83. The molecule has 0 saturated heterocycles. The molecular weight excluding hydrogens is 338 g/mol. The molecule has 0 unspecified atom stereocenters. The van der Waals surface area contributed by atoms with Crippen molar-refractivity contribution in [3.05, 3.63) is 64.9 Å². The lowest BCUT2D eigenvalue weighted by atomic mass is 10.1. The van der Waals surface area contributed by atoms with Crippen LogP contribution in [-0.4, -0.2) is 16.5 Å². The second-order valence-corrected chi connectivity index (χ2v) is 6.17. The first-order valence-electron chi connectivity index (χ1n) is 7.51. The maximum atomic E-state index is 4.36. The van der Waals surface area contributed by atoms with E-state index in [1.165, 1.54) is 12.0 Å². The van der Waals surface area contributed by atoms with Gasteiger partial charge in [0.1, 0.15) is 12.1 Å². The molecule has 3 rings (SSSR count). The van der Waals surface area contributed by atoms with Crippen LogP contribution in [0.5, 0.6) is 0 Å². The molecule has 3 nitrogen and oxygen atoms in total. The second-order valence-electron chi connectivity index (χ2n) is 5.25. The Hall–Kier alpha value is -1.94. The normalized spacial score (nSPS) is 10.8. The fourth-order valence-electron chi connectivity index (χ4n) is 2.48. The van der Waals surface area contributed by atoms with Gasteiger partial charge in [0.25, 0.3) is 0 Å². The molecular formula is C18H18BrN3. The third-order valence-electron chi connectivity index (χ3n) is 3.62. The standard InChI is InChI=1S/C18H18BrN3/c19-15-9-10-17-16(12-15)18(22-13-21-17)20-11-5-4-8-14-6-2-1-3-7-14/h1-3,6-7,9-10,12-13H,4-5,8,11H2,(H,20,21,22). The van der Waals surface area contributed by atoms with Crippen LogP contribution in [0.2, 0.25) is 0 Å². The highest BCUT2D eigenvalue weighted by atomic mass is 79.9. The van der Waals surface area contributed by atoms with Crippen molar-refractivity contribution in [3.63, 3.8) is 0 Å². The number of nitrogens with one attached hydrogen (secondary N) is 1. The summed E-state index contributed by atoms with van der Waals surface area (Å²) in [6.45, 7) is 0.922. The van der Waals surface area contributed by atoms with Crippen LogP contribution in [0.25, 0.3) is 10.9 Å². The first kappa shape index (κ1) is 15.0. The number of aromatic nitrogens is 2. The third-order valence-corrected chi connectivity index (χ3v) is 4.12. The van der Waals surface area contributed by atoms with Gasteiger partial charge in [0, 0.05) is 16.4 Å². The van der Waals surface area contributed by atoms with E-state index in [1.54, 1.807) is 6.33 Å². The zero-order valence-electron chi connectivity index (χ0n) is 12.3. The van der Waals surface area contributed by atoms with Gasteiger partial charge in [-0.3, -0.25) is 0 Å². The summed E-state index contributed by atoms with van der Waals surface area (Å²) in [5.74, 6) is 0.908. The fourth-order valence-corrected chi connectivity index (χ4v) is 2.84. The molecule has 0 radical (unpaired) electrons. The highest BCUT2D eigenvalue weighted by molar-refractivity contribution is 9.10. The van der Waals surface area contributed by atoms with Gasteiger partial charge in [0.15, 0.2) is 0 Å². The molecule has 2 aromatic carbocycles. The monoisotopic (exact) mass is 355 g/mol. The van der Waals surface area contributed by atoms with Crippen LogP contribution in [-0.2, 0) is 6.42 Å². The molecule has 1 heterocycles. The average Bonchev–Trinajstić information content (AvgIpc) is 2.56. The summed E-state index contributed by atoms with van der Waals surface area (Å²) in [6, 6.07) is 16.7. The van der Waals surface area contributed by atoms with Crippen molar-refractivity contribution in [2.75, 3.05) is 11.9 Å². The van der Waals surface area contributed by atoms with E-state index in [0.29, 0.717) is 0 Å². The molecule has 112 valence electrons. The number of anilines is 1. The minimum absolute atomic E-state index is 0.908. The summed E-state index contributed by atoms with van der Waals surface area (Å²) in [7, 11) is 0. The predicted molar refractivity (Wildman–Crippen MR) is 95.1 cm³/mol. The Labute approximate surface area is 138 Å². The van der Waals surface area contributed by atoms with Gasteiger partial charge in [-0.1, -0.05) is 46.3 Å². The van der Waals surface area contributed by atoms with Crippen molar-refractivity contribution in [1.82, 2.24) is 9.97 Å². The summed E-state index contributed by atoms with van der Waals surface area (Å²) in [5, 5.41) is 4.48. The molecule has 3 aromatic rings. The van der Waals surface area contributed by atoms with Crippen LogP contribution in [0.4, 0.5) is 5.82 Å². The average molecular weight is 356 g/mol. The summed E-state index contributed by atoms with van der Waals surface area (Å²) < 4.78 is 1.04. The van der Waals surface area contributed by atoms with Gasteiger partial charge in [0.2, 0.25) is 0 Å². The molecule has 4 heteroatoms. The van der Waals surface area contributed by atoms with Crippen molar-refractivity contribution in [2.24, 2.45) is 0 Å². The van der Waals surface area contributed by atoms with Crippen molar-refractivity contribution in [1.29, 1.82) is 0 Å². The number of fused-ring (bicyclic) bond motifs is 1. The quantitative estimate of drug-likeness (QED) is 0.643. The molecule has 0 spiro atoms. The molecule has 0 aliphatic rings. The van der Waals surface area contributed by atoms with E-state index in [9.17, 15) is 0 Å². The maximum Gasteiger partial charge on any atom is 0.137 e. The van der Waals surface area contributed by atoms with Crippen molar-refractivity contribution in [2.45, 2.75) is 19.3 Å². The highest BCUT2D eigenvalue weighted by Gasteiger charge is 2.03. The van der Waals surface area contributed by atoms with Gasteiger partial charge in [-0.25, -0.2) is 9.97 Å². The van der Waals surface area contributed by atoms with Gasteiger partial charge < -0.3 is 5.32 Å². The largest absolute Gasteiger partial charge is 0.369 e. The van der Waals surface area contributed by atoms with Gasteiger partial charge in [-0.2, -0.15) is 0 Å². The zero-order valence-corrected chi connectivity index (χ0v) is 13.9. The van der Waals surface area contributed by atoms with Crippen LogP contribution in [0.1, 0.15) is 18.4 Å². The topological polar surface area (TPSA) is 37.8 Å². The Balaban J connectivity index is 1.55. The van der Waals surface area contributed by atoms with E-state index in [0.717, 1.165) is 40.6 Å². The molecule has 0 aliphatic heterocycles. The maximum absolute atomic E-state index is 4.36. The summed E-state index contributed by atoms with van der Waals surface area (Å²) in [4.78, 5) is 8.66. The molecule has 1 N–H and O–H groups in total. The lowest BCUT2D eigenvalue weighted by Gasteiger charge is -2.08. The lowest BCUT2D eigenvalue weighted by Crippen LogP contribution is -2.04. The van der Waals surface area contributed by atoms with Crippen LogP contribution < -0.4 is 5.32 Å². The van der Waals surface area contributed by atoms with Crippen LogP contribution >= 0.6 is 15.9 Å². The molecule has 1 aromatic heterocycles. The number of hydrogen-bond donors (Lipinski definition) is 1. The summed E-state index contributed by atoms with van der Waals surface area (Å²) in [5.41, 5.74) is 2.36. The molecule has 0 atom stereocenters. The number of halogens is 1. The Kier molecular flexibility index (Phi) is 5.01.